The minimum absolute atomic E-state index is 0.133. The first-order valence-electron chi connectivity index (χ1n) is 8.39. The topological polar surface area (TPSA) is 116 Å². The number of carbonyl (C=O) groups excluding carboxylic acids is 4. The zero-order chi connectivity index (χ0) is 21.0. The van der Waals surface area contributed by atoms with Crippen molar-refractivity contribution >= 4 is 29.9 Å². The second kappa shape index (κ2) is 8.34. The molecule has 0 atom stereocenters. The number of ether oxygens (including phenoxy) is 1. The van der Waals surface area contributed by atoms with Crippen molar-refractivity contribution in [1.82, 2.24) is 10.2 Å². The average molecular weight is 397 g/mol. The molecule has 1 aliphatic heterocycles. The fourth-order valence-electron chi connectivity index (χ4n) is 2.58. The monoisotopic (exact) mass is 397 g/mol. The number of hydrogen-bond acceptors (Lipinski definition) is 6. The number of urea groups is 1. The number of carboxylic acid groups (broad SMARTS) is 1. The maximum absolute atomic E-state index is 13.0. The maximum atomic E-state index is 13.0. The van der Waals surface area contributed by atoms with E-state index in [9.17, 15) is 28.7 Å². The number of nitrogens with one attached hydrogen (secondary N) is 1. The van der Waals surface area contributed by atoms with E-state index in [4.69, 9.17) is 4.74 Å². The van der Waals surface area contributed by atoms with Crippen molar-refractivity contribution in [3.8, 4) is 5.75 Å². The molecule has 4 amide bonds. The third kappa shape index (κ3) is 4.83. The standard InChI is InChI=1S/C20H15FN2O6/c21-14-5-1-13(2-6-14)10-23-19(27)16(18(26)22-20(23)28)9-12-3-7-15(8-4-12)29-11-17(24)25/h1-9H,10-11H2,(H,24,25)(H,22,26,28)/p-1/b16-9+. The first-order valence-corrected chi connectivity index (χ1v) is 8.39. The molecule has 0 spiro atoms. The highest BCUT2D eigenvalue weighted by Gasteiger charge is 2.35. The number of carboxylic acids is 1. The number of barbiturate groups is 1. The lowest BCUT2D eigenvalue weighted by atomic mass is 10.1. The smallest absolute Gasteiger partial charge is 0.331 e. The number of nitrogens with zero attached hydrogens (tertiary/aromatic N) is 1. The van der Waals surface area contributed by atoms with Gasteiger partial charge >= 0.3 is 6.03 Å². The van der Waals surface area contributed by atoms with E-state index < -0.39 is 36.2 Å². The number of hydrogen-bond donors (Lipinski definition) is 1. The third-order valence-corrected chi connectivity index (χ3v) is 3.99. The summed E-state index contributed by atoms with van der Waals surface area (Å²) >= 11 is 0. The molecule has 1 fully saturated rings. The van der Waals surface area contributed by atoms with E-state index in [0.717, 1.165) is 4.90 Å². The molecule has 0 aliphatic carbocycles. The maximum Gasteiger partial charge on any atom is 0.331 e. The van der Waals surface area contributed by atoms with E-state index in [1.54, 1.807) is 0 Å². The predicted molar refractivity (Wildman–Crippen MR) is 95.4 cm³/mol. The molecule has 1 saturated heterocycles. The van der Waals surface area contributed by atoms with Crippen molar-refractivity contribution < 1.29 is 33.4 Å². The van der Waals surface area contributed by atoms with Crippen LogP contribution in [-0.4, -0.2) is 35.3 Å². The highest BCUT2D eigenvalue weighted by Crippen LogP contribution is 2.19. The van der Waals surface area contributed by atoms with E-state index in [0.29, 0.717) is 11.1 Å². The van der Waals surface area contributed by atoms with Gasteiger partial charge in [0, 0.05) is 0 Å². The number of amides is 4. The molecule has 0 saturated carbocycles. The van der Waals surface area contributed by atoms with Gasteiger partial charge in [-0.3, -0.25) is 19.8 Å². The molecule has 29 heavy (non-hydrogen) atoms. The minimum Gasteiger partial charge on any atom is -0.546 e. The zero-order valence-corrected chi connectivity index (χ0v) is 14.9. The number of carbonyl (C=O) groups is 4. The van der Waals surface area contributed by atoms with Crippen molar-refractivity contribution in [2.75, 3.05) is 6.61 Å². The molecule has 1 N–H and O–H groups in total. The van der Waals surface area contributed by atoms with Gasteiger partial charge in [0.1, 0.15) is 23.7 Å². The van der Waals surface area contributed by atoms with E-state index >= 15 is 0 Å². The second-order valence-electron chi connectivity index (χ2n) is 6.06. The molecule has 3 rings (SSSR count). The Hall–Kier alpha value is -4.01. The molecular formula is C20H14FN2O6-. The summed E-state index contributed by atoms with van der Waals surface area (Å²) < 4.78 is 18.0. The largest absolute Gasteiger partial charge is 0.546 e. The molecule has 2 aromatic carbocycles. The first-order chi connectivity index (χ1) is 13.8. The highest BCUT2D eigenvalue weighted by molar-refractivity contribution is 6.30. The van der Waals surface area contributed by atoms with Crippen LogP contribution >= 0.6 is 0 Å². The SMILES string of the molecule is O=C([O-])COc1ccc(/C=C2\C(=O)NC(=O)N(Cc3ccc(F)cc3)C2=O)cc1. The Morgan fingerprint density at radius 2 is 1.72 bits per heavy atom. The van der Waals surface area contributed by atoms with Crippen molar-refractivity contribution in [3.05, 3.63) is 71.0 Å². The lowest BCUT2D eigenvalue weighted by Crippen LogP contribution is -2.53. The van der Waals surface area contributed by atoms with Gasteiger partial charge in [0.15, 0.2) is 0 Å². The van der Waals surface area contributed by atoms with Crippen LogP contribution in [0.1, 0.15) is 11.1 Å². The van der Waals surface area contributed by atoms with Crippen LogP contribution < -0.4 is 15.2 Å². The summed E-state index contributed by atoms with van der Waals surface area (Å²) in [5.74, 6) is -3.19. The van der Waals surface area contributed by atoms with E-state index in [-0.39, 0.29) is 17.9 Å². The summed E-state index contributed by atoms with van der Waals surface area (Å²) in [5.41, 5.74) is 0.716. The Morgan fingerprint density at radius 3 is 2.34 bits per heavy atom. The van der Waals surface area contributed by atoms with E-state index in [1.807, 2.05) is 0 Å². The summed E-state index contributed by atoms with van der Waals surface area (Å²) in [6.07, 6.45) is 1.30. The number of halogens is 1. The Bertz CT molecular complexity index is 999. The van der Waals surface area contributed by atoms with Gasteiger partial charge in [0.25, 0.3) is 11.8 Å². The van der Waals surface area contributed by atoms with Gasteiger partial charge in [-0.25, -0.2) is 9.18 Å². The molecule has 1 heterocycles. The number of benzene rings is 2. The normalized spacial score (nSPS) is 15.4. The highest BCUT2D eigenvalue weighted by atomic mass is 19.1. The van der Waals surface area contributed by atoms with E-state index in [2.05, 4.69) is 5.32 Å². The molecule has 2 aromatic rings. The van der Waals surface area contributed by atoms with Crippen LogP contribution in [0, 0.1) is 5.82 Å². The van der Waals surface area contributed by atoms with Crippen LogP contribution in [0.3, 0.4) is 0 Å². The summed E-state index contributed by atoms with van der Waals surface area (Å²) in [7, 11) is 0. The second-order valence-corrected chi connectivity index (χ2v) is 6.06. The van der Waals surface area contributed by atoms with Crippen LogP contribution in [0.4, 0.5) is 9.18 Å². The molecule has 8 nitrogen and oxygen atoms in total. The lowest BCUT2D eigenvalue weighted by Gasteiger charge is -2.26. The van der Waals surface area contributed by atoms with Crippen molar-refractivity contribution in [2.24, 2.45) is 0 Å². The van der Waals surface area contributed by atoms with Crippen LogP contribution in [0.25, 0.3) is 6.08 Å². The van der Waals surface area contributed by atoms with Gasteiger partial charge in [-0.05, 0) is 41.5 Å². The van der Waals surface area contributed by atoms with Gasteiger partial charge in [0.05, 0.1) is 12.5 Å². The molecule has 148 valence electrons. The van der Waals surface area contributed by atoms with Crippen LogP contribution in [0.2, 0.25) is 0 Å². The Balaban J connectivity index is 1.79. The quantitative estimate of drug-likeness (QED) is 0.564. The van der Waals surface area contributed by atoms with Crippen LogP contribution in [-0.2, 0) is 20.9 Å². The molecule has 0 radical (unpaired) electrons. The molecule has 1 aliphatic rings. The predicted octanol–water partition coefficient (Wildman–Crippen LogP) is 0.616. The Morgan fingerprint density at radius 1 is 1.07 bits per heavy atom. The first kappa shape index (κ1) is 19.7. The van der Waals surface area contributed by atoms with Crippen molar-refractivity contribution in [2.45, 2.75) is 6.54 Å². The lowest BCUT2D eigenvalue weighted by molar-refractivity contribution is -0.307. The number of aliphatic carboxylic acids is 1. The van der Waals surface area contributed by atoms with Gasteiger partial charge in [-0.15, -0.1) is 0 Å². The fraction of sp³-hybridized carbons (Fsp3) is 0.100. The van der Waals surface area contributed by atoms with Crippen molar-refractivity contribution in [3.63, 3.8) is 0 Å². The summed E-state index contributed by atoms with van der Waals surface area (Å²) in [6, 6.07) is 10.3. The molecule has 0 aromatic heterocycles. The summed E-state index contributed by atoms with van der Waals surface area (Å²) in [5, 5.41) is 12.5. The van der Waals surface area contributed by atoms with Crippen molar-refractivity contribution in [1.29, 1.82) is 0 Å². The zero-order valence-electron chi connectivity index (χ0n) is 14.9. The van der Waals surface area contributed by atoms with Gasteiger partial charge < -0.3 is 14.6 Å². The average Bonchev–Trinajstić information content (AvgIpc) is 2.69. The summed E-state index contributed by atoms with van der Waals surface area (Å²) in [4.78, 5) is 48.1. The summed E-state index contributed by atoms with van der Waals surface area (Å²) in [6.45, 7) is -0.743. The van der Waals surface area contributed by atoms with Gasteiger partial charge in [0.2, 0.25) is 0 Å². The van der Waals surface area contributed by atoms with Gasteiger partial charge in [-0.1, -0.05) is 24.3 Å². The number of imide groups is 2. The third-order valence-electron chi connectivity index (χ3n) is 3.99. The van der Waals surface area contributed by atoms with Gasteiger partial charge in [-0.2, -0.15) is 0 Å². The fourth-order valence-corrected chi connectivity index (χ4v) is 2.58. The minimum atomic E-state index is -1.37. The van der Waals surface area contributed by atoms with Crippen LogP contribution in [0.5, 0.6) is 5.75 Å². The number of rotatable bonds is 6. The Labute approximate surface area is 164 Å². The van der Waals surface area contributed by atoms with Crippen LogP contribution in [0.15, 0.2) is 54.1 Å². The molecule has 9 heteroatoms. The molecular weight excluding hydrogens is 383 g/mol. The molecule has 0 unspecified atom stereocenters. The Kier molecular flexibility index (Phi) is 5.68. The van der Waals surface area contributed by atoms with E-state index in [1.165, 1.54) is 54.6 Å². The molecule has 0 bridgehead atoms.